The summed E-state index contributed by atoms with van der Waals surface area (Å²) in [6, 6.07) is 12.5. The molecule has 0 aliphatic carbocycles. The molecule has 1 aliphatic heterocycles. The minimum Gasteiger partial charge on any atom is -0.317 e. The Balaban J connectivity index is 1.76. The first-order valence-electron chi connectivity index (χ1n) is 6.98. The molecule has 0 radical (unpaired) electrons. The predicted molar refractivity (Wildman–Crippen MR) is 76.1 cm³/mol. The molecule has 19 heavy (non-hydrogen) atoms. The third-order valence-electron chi connectivity index (χ3n) is 3.69. The molecule has 0 spiro atoms. The van der Waals surface area contributed by atoms with Crippen molar-refractivity contribution < 1.29 is 0 Å². The molecule has 1 fully saturated rings. The summed E-state index contributed by atoms with van der Waals surface area (Å²) in [6.45, 7) is 2.20. The van der Waals surface area contributed by atoms with Gasteiger partial charge in [0.15, 0.2) is 0 Å². The molecule has 2 aromatic rings. The Kier molecular flexibility index (Phi) is 3.84. The topological polar surface area (TPSA) is 37.8 Å². The van der Waals surface area contributed by atoms with E-state index in [1.807, 2.05) is 12.3 Å². The smallest absolute Gasteiger partial charge is 0.132 e. The fourth-order valence-electron chi connectivity index (χ4n) is 2.62. The minimum absolute atomic E-state index is 0.596. The Labute approximate surface area is 114 Å². The molecule has 0 amide bonds. The van der Waals surface area contributed by atoms with Gasteiger partial charge >= 0.3 is 0 Å². The van der Waals surface area contributed by atoms with E-state index in [1.165, 1.54) is 24.1 Å². The van der Waals surface area contributed by atoms with Crippen LogP contribution in [0.1, 0.15) is 35.8 Å². The van der Waals surface area contributed by atoms with Crippen LogP contribution in [0.2, 0.25) is 0 Å². The van der Waals surface area contributed by atoms with Gasteiger partial charge in [-0.2, -0.15) is 0 Å². The van der Waals surface area contributed by atoms with E-state index in [1.54, 1.807) is 0 Å². The summed E-state index contributed by atoms with van der Waals surface area (Å²) in [5.74, 6) is 1.53. The van der Waals surface area contributed by atoms with Crippen LogP contribution >= 0.6 is 0 Å². The third kappa shape index (κ3) is 3.18. The van der Waals surface area contributed by atoms with Crippen molar-refractivity contribution in [2.75, 3.05) is 13.1 Å². The Morgan fingerprint density at radius 2 is 1.84 bits per heavy atom. The standard InChI is InChI=1S/C16H19N3/c1-2-4-13(5-3-1)12-16-18-11-8-15(19-16)14-6-9-17-10-7-14/h1-5,8,11,14,17H,6-7,9-10,12H2. The van der Waals surface area contributed by atoms with Crippen LogP contribution in [-0.4, -0.2) is 23.1 Å². The van der Waals surface area contributed by atoms with E-state index >= 15 is 0 Å². The highest BCUT2D eigenvalue weighted by molar-refractivity contribution is 5.20. The molecule has 3 rings (SSSR count). The van der Waals surface area contributed by atoms with Gasteiger partial charge in [0, 0.05) is 24.2 Å². The summed E-state index contributed by atoms with van der Waals surface area (Å²) in [5.41, 5.74) is 2.48. The van der Waals surface area contributed by atoms with Crippen LogP contribution in [0, 0.1) is 0 Å². The lowest BCUT2D eigenvalue weighted by molar-refractivity contribution is 0.452. The van der Waals surface area contributed by atoms with Crippen molar-refractivity contribution in [3.05, 3.63) is 59.7 Å². The minimum atomic E-state index is 0.596. The average molecular weight is 253 g/mol. The number of nitrogens with zero attached hydrogens (tertiary/aromatic N) is 2. The Morgan fingerprint density at radius 1 is 1.05 bits per heavy atom. The molecule has 1 aromatic heterocycles. The predicted octanol–water partition coefficient (Wildman–Crippen LogP) is 2.53. The highest BCUT2D eigenvalue weighted by Crippen LogP contribution is 2.23. The van der Waals surface area contributed by atoms with Gasteiger partial charge in [-0.1, -0.05) is 30.3 Å². The third-order valence-corrected chi connectivity index (χ3v) is 3.69. The van der Waals surface area contributed by atoms with E-state index < -0.39 is 0 Å². The number of piperidine rings is 1. The molecule has 1 saturated heterocycles. The monoisotopic (exact) mass is 253 g/mol. The molecule has 3 nitrogen and oxygen atoms in total. The van der Waals surface area contributed by atoms with Gasteiger partial charge in [-0.15, -0.1) is 0 Å². The van der Waals surface area contributed by atoms with Crippen molar-refractivity contribution in [1.82, 2.24) is 15.3 Å². The van der Waals surface area contributed by atoms with Gasteiger partial charge in [0.25, 0.3) is 0 Å². The first-order chi connectivity index (χ1) is 9.42. The van der Waals surface area contributed by atoms with Gasteiger partial charge in [0.1, 0.15) is 5.82 Å². The van der Waals surface area contributed by atoms with Crippen LogP contribution in [0.3, 0.4) is 0 Å². The molecule has 2 heterocycles. The lowest BCUT2D eigenvalue weighted by Crippen LogP contribution is -2.27. The molecule has 0 atom stereocenters. The van der Waals surface area contributed by atoms with Crippen molar-refractivity contribution in [3.8, 4) is 0 Å². The van der Waals surface area contributed by atoms with E-state index in [9.17, 15) is 0 Å². The van der Waals surface area contributed by atoms with Gasteiger partial charge in [-0.25, -0.2) is 9.97 Å². The molecular weight excluding hydrogens is 234 g/mol. The fourth-order valence-corrected chi connectivity index (χ4v) is 2.62. The number of hydrogen-bond acceptors (Lipinski definition) is 3. The van der Waals surface area contributed by atoms with E-state index in [0.717, 1.165) is 25.3 Å². The quantitative estimate of drug-likeness (QED) is 0.913. The van der Waals surface area contributed by atoms with Gasteiger partial charge in [0.05, 0.1) is 0 Å². The molecule has 0 unspecified atom stereocenters. The zero-order valence-electron chi connectivity index (χ0n) is 11.0. The Morgan fingerprint density at radius 3 is 2.63 bits per heavy atom. The lowest BCUT2D eigenvalue weighted by Gasteiger charge is -2.22. The number of aromatic nitrogens is 2. The van der Waals surface area contributed by atoms with Crippen molar-refractivity contribution in [1.29, 1.82) is 0 Å². The van der Waals surface area contributed by atoms with Crippen molar-refractivity contribution in [3.63, 3.8) is 0 Å². The molecular formula is C16H19N3. The Hall–Kier alpha value is -1.74. The van der Waals surface area contributed by atoms with Gasteiger partial charge in [0.2, 0.25) is 0 Å². The van der Waals surface area contributed by atoms with Crippen LogP contribution in [0.15, 0.2) is 42.6 Å². The zero-order chi connectivity index (χ0) is 12.9. The Bertz CT molecular complexity index is 519. The van der Waals surface area contributed by atoms with E-state index in [2.05, 4.69) is 40.6 Å². The number of rotatable bonds is 3. The summed E-state index contributed by atoms with van der Waals surface area (Å²) < 4.78 is 0. The van der Waals surface area contributed by atoms with Gasteiger partial charge < -0.3 is 5.32 Å². The summed E-state index contributed by atoms with van der Waals surface area (Å²) in [5, 5.41) is 3.40. The molecule has 0 saturated carbocycles. The molecule has 0 bridgehead atoms. The average Bonchev–Trinajstić information content (AvgIpc) is 2.49. The molecule has 1 N–H and O–H groups in total. The van der Waals surface area contributed by atoms with Crippen molar-refractivity contribution in [2.45, 2.75) is 25.2 Å². The van der Waals surface area contributed by atoms with Gasteiger partial charge in [-0.3, -0.25) is 0 Å². The summed E-state index contributed by atoms with van der Waals surface area (Å²) in [4.78, 5) is 9.16. The fraction of sp³-hybridized carbons (Fsp3) is 0.375. The largest absolute Gasteiger partial charge is 0.317 e. The first kappa shape index (κ1) is 12.3. The highest BCUT2D eigenvalue weighted by atomic mass is 14.9. The number of hydrogen-bond donors (Lipinski definition) is 1. The van der Waals surface area contributed by atoms with E-state index in [4.69, 9.17) is 4.98 Å². The van der Waals surface area contributed by atoms with Crippen LogP contribution in [0.25, 0.3) is 0 Å². The molecule has 1 aliphatic rings. The maximum absolute atomic E-state index is 4.75. The highest BCUT2D eigenvalue weighted by Gasteiger charge is 2.16. The van der Waals surface area contributed by atoms with Crippen LogP contribution in [0.4, 0.5) is 0 Å². The van der Waals surface area contributed by atoms with Crippen LogP contribution in [-0.2, 0) is 6.42 Å². The van der Waals surface area contributed by atoms with E-state index in [0.29, 0.717) is 5.92 Å². The second-order valence-electron chi connectivity index (χ2n) is 5.08. The first-order valence-corrected chi connectivity index (χ1v) is 6.98. The summed E-state index contributed by atoms with van der Waals surface area (Å²) in [6.07, 6.45) is 5.09. The van der Waals surface area contributed by atoms with Crippen LogP contribution < -0.4 is 5.32 Å². The summed E-state index contributed by atoms with van der Waals surface area (Å²) in [7, 11) is 0. The number of benzene rings is 1. The second-order valence-corrected chi connectivity index (χ2v) is 5.08. The summed E-state index contributed by atoms with van der Waals surface area (Å²) >= 11 is 0. The maximum Gasteiger partial charge on any atom is 0.132 e. The van der Waals surface area contributed by atoms with Crippen molar-refractivity contribution in [2.24, 2.45) is 0 Å². The molecule has 1 aromatic carbocycles. The van der Waals surface area contributed by atoms with Crippen molar-refractivity contribution >= 4 is 0 Å². The second kappa shape index (κ2) is 5.93. The van der Waals surface area contributed by atoms with Crippen LogP contribution in [0.5, 0.6) is 0 Å². The molecule has 98 valence electrons. The zero-order valence-corrected chi connectivity index (χ0v) is 11.0. The SMILES string of the molecule is c1ccc(Cc2nccc(C3CCNCC3)n2)cc1. The van der Waals surface area contributed by atoms with Gasteiger partial charge in [-0.05, 0) is 37.6 Å². The van der Waals surface area contributed by atoms with E-state index in [-0.39, 0.29) is 0 Å². The normalized spacial score (nSPS) is 16.4. The number of nitrogens with one attached hydrogen (secondary N) is 1. The molecule has 3 heteroatoms. The maximum atomic E-state index is 4.75. The lowest BCUT2D eigenvalue weighted by atomic mass is 9.94.